The van der Waals surface area contributed by atoms with Crippen LogP contribution in [0.1, 0.15) is 12.0 Å². The molecule has 0 saturated heterocycles. The smallest absolute Gasteiger partial charge is 0.224 e. The summed E-state index contributed by atoms with van der Waals surface area (Å²) in [7, 11) is 0. The number of hydrogen-bond donors (Lipinski definition) is 3. The van der Waals surface area contributed by atoms with Crippen molar-refractivity contribution in [2.75, 3.05) is 11.1 Å². The van der Waals surface area contributed by atoms with Crippen LogP contribution in [0.15, 0.2) is 48.8 Å². The summed E-state index contributed by atoms with van der Waals surface area (Å²) < 4.78 is 0. The van der Waals surface area contributed by atoms with Crippen molar-refractivity contribution in [1.82, 2.24) is 9.97 Å². The van der Waals surface area contributed by atoms with Crippen LogP contribution in [0.3, 0.4) is 0 Å². The van der Waals surface area contributed by atoms with E-state index in [-0.39, 0.29) is 5.91 Å². The lowest BCUT2D eigenvalue weighted by Gasteiger charge is -2.04. The Morgan fingerprint density at radius 3 is 2.90 bits per heavy atom. The number of hydrogen-bond acceptors (Lipinski definition) is 3. The van der Waals surface area contributed by atoms with Crippen LogP contribution in [-0.2, 0) is 11.2 Å². The Labute approximate surface area is 122 Å². The van der Waals surface area contributed by atoms with Crippen molar-refractivity contribution in [3.63, 3.8) is 0 Å². The summed E-state index contributed by atoms with van der Waals surface area (Å²) in [6.07, 6.45) is 4.63. The lowest BCUT2D eigenvalue weighted by Crippen LogP contribution is -2.12. The molecular formula is C16H16N4O. The zero-order chi connectivity index (χ0) is 14.7. The molecule has 5 nitrogen and oxygen atoms in total. The lowest BCUT2D eigenvalue weighted by atomic mass is 10.1. The van der Waals surface area contributed by atoms with Gasteiger partial charge in [-0.1, -0.05) is 18.2 Å². The van der Waals surface area contributed by atoms with Gasteiger partial charge in [-0.15, -0.1) is 0 Å². The second-order valence-electron chi connectivity index (χ2n) is 4.88. The summed E-state index contributed by atoms with van der Waals surface area (Å²) in [5.74, 6) is 0.402. The number of nitrogens with two attached hydrogens (primary N) is 1. The first kappa shape index (κ1) is 13.2. The summed E-state index contributed by atoms with van der Waals surface area (Å²) in [6, 6.07) is 11.5. The van der Waals surface area contributed by atoms with Gasteiger partial charge in [0.1, 0.15) is 5.82 Å². The van der Waals surface area contributed by atoms with Crippen molar-refractivity contribution in [3.05, 3.63) is 54.4 Å². The number of H-pyrrole nitrogens is 1. The molecule has 1 amide bonds. The van der Waals surface area contributed by atoms with Crippen molar-refractivity contribution in [1.29, 1.82) is 0 Å². The molecule has 0 aliphatic rings. The zero-order valence-corrected chi connectivity index (χ0v) is 11.5. The monoisotopic (exact) mass is 280 g/mol. The van der Waals surface area contributed by atoms with Gasteiger partial charge in [0.2, 0.25) is 5.91 Å². The summed E-state index contributed by atoms with van der Waals surface area (Å²) in [5, 5.41) is 3.98. The van der Waals surface area contributed by atoms with E-state index >= 15 is 0 Å². The molecule has 3 aromatic rings. The molecule has 0 aliphatic heterocycles. The molecule has 0 unspecified atom stereocenters. The zero-order valence-electron chi connectivity index (χ0n) is 11.5. The second kappa shape index (κ2) is 5.66. The minimum atomic E-state index is -0.0353. The summed E-state index contributed by atoms with van der Waals surface area (Å²) in [4.78, 5) is 19.1. The van der Waals surface area contributed by atoms with Crippen molar-refractivity contribution in [2.45, 2.75) is 12.8 Å². The van der Waals surface area contributed by atoms with E-state index in [1.807, 2.05) is 24.4 Å². The Balaban J connectivity index is 1.62. The van der Waals surface area contributed by atoms with Gasteiger partial charge in [-0.3, -0.25) is 4.79 Å². The molecule has 0 spiro atoms. The number of fused-ring (bicyclic) bond motifs is 1. The van der Waals surface area contributed by atoms with E-state index in [9.17, 15) is 4.79 Å². The molecule has 106 valence electrons. The minimum Gasteiger partial charge on any atom is -0.384 e. The quantitative estimate of drug-likeness (QED) is 0.687. The second-order valence-corrected chi connectivity index (χ2v) is 4.88. The van der Waals surface area contributed by atoms with Gasteiger partial charge in [0.25, 0.3) is 0 Å². The van der Waals surface area contributed by atoms with Gasteiger partial charge in [0.05, 0.1) is 11.9 Å². The number of pyridine rings is 1. The first-order chi connectivity index (χ1) is 10.2. The number of amides is 1. The van der Waals surface area contributed by atoms with Gasteiger partial charge >= 0.3 is 0 Å². The van der Waals surface area contributed by atoms with E-state index in [0.29, 0.717) is 24.3 Å². The van der Waals surface area contributed by atoms with Gasteiger partial charge in [-0.05, 0) is 30.2 Å². The molecule has 4 N–H and O–H groups in total. The number of carbonyl (C=O) groups excluding carboxylic acids is 1. The van der Waals surface area contributed by atoms with Crippen LogP contribution >= 0.6 is 0 Å². The Morgan fingerprint density at radius 1 is 1.24 bits per heavy atom. The molecule has 0 fully saturated rings. The number of para-hydroxylation sites is 1. The first-order valence-electron chi connectivity index (χ1n) is 6.79. The van der Waals surface area contributed by atoms with E-state index in [1.54, 1.807) is 18.3 Å². The van der Waals surface area contributed by atoms with Gasteiger partial charge < -0.3 is 16.0 Å². The minimum absolute atomic E-state index is 0.0353. The van der Waals surface area contributed by atoms with E-state index in [0.717, 1.165) is 11.1 Å². The predicted octanol–water partition coefficient (Wildman–Crippen LogP) is 2.72. The van der Waals surface area contributed by atoms with Crippen LogP contribution in [0.4, 0.5) is 11.5 Å². The number of aromatic nitrogens is 2. The fourth-order valence-corrected chi connectivity index (χ4v) is 2.29. The Hall–Kier alpha value is -2.82. The van der Waals surface area contributed by atoms with Crippen molar-refractivity contribution >= 4 is 28.3 Å². The van der Waals surface area contributed by atoms with Crippen LogP contribution in [-0.4, -0.2) is 15.9 Å². The van der Waals surface area contributed by atoms with E-state index < -0.39 is 0 Å². The van der Waals surface area contributed by atoms with E-state index in [1.165, 1.54) is 5.39 Å². The van der Waals surface area contributed by atoms with E-state index in [2.05, 4.69) is 21.4 Å². The molecule has 0 radical (unpaired) electrons. The molecule has 1 aromatic carbocycles. The van der Waals surface area contributed by atoms with Crippen LogP contribution in [0.5, 0.6) is 0 Å². The Kier molecular flexibility index (Phi) is 3.55. The van der Waals surface area contributed by atoms with Crippen LogP contribution < -0.4 is 11.1 Å². The van der Waals surface area contributed by atoms with Crippen molar-refractivity contribution in [2.24, 2.45) is 0 Å². The van der Waals surface area contributed by atoms with Gasteiger partial charge in [0.15, 0.2) is 0 Å². The highest BCUT2D eigenvalue weighted by Gasteiger charge is 2.07. The van der Waals surface area contributed by atoms with Crippen molar-refractivity contribution in [3.8, 4) is 0 Å². The molecular weight excluding hydrogens is 264 g/mol. The molecule has 0 saturated carbocycles. The molecule has 2 aromatic heterocycles. The highest BCUT2D eigenvalue weighted by molar-refractivity contribution is 5.91. The maximum atomic E-state index is 11.9. The van der Waals surface area contributed by atoms with Gasteiger partial charge in [-0.25, -0.2) is 4.98 Å². The number of nitrogens with one attached hydrogen (secondary N) is 2. The van der Waals surface area contributed by atoms with Gasteiger partial charge in [0, 0.05) is 23.5 Å². The summed E-state index contributed by atoms with van der Waals surface area (Å²) in [6.45, 7) is 0. The molecule has 5 heteroatoms. The molecule has 21 heavy (non-hydrogen) atoms. The SMILES string of the molecule is Nc1ccc(NC(=O)CCc2c[nH]c3ccccc23)cn1. The maximum Gasteiger partial charge on any atom is 0.224 e. The fourth-order valence-electron chi connectivity index (χ4n) is 2.29. The number of aromatic amines is 1. The van der Waals surface area contributed by atoms with E-state index in [4.69, 9.17) is 5.73 Å². The highest BCUT2D eigenvalue weighted by Crippen LogP contribution is 2.19. The highest BCUT2D eigenvalue weighted by atomic mass is 16.1. The fraction of sp³-hybridized carbons (Fsp3) is 0.125. The number of rotatable bonds is 4. The molecule has 2 heterocycles. The summed E-state index contributed by atoms with van der Waals surface area (Å²) >= 11 is 0. The number of anilines is 2. The van der Waals surface area contributed by atoms with Crippen LogP contribution in [0, 0.1) is 0 Å². The molecule has 3 rings (SSSR count). The number of benzene rings is 1. The van der Waals surface area contributed by atoms with Gasteiger partial charge in [-0.2, -0.15) is 0 Å². The number of aryl methyl sites for hydroxylation is 1. The largest absolute Gasteiger partial charge is 0.384 e. The third kappa shape index (κ3) is 3.02. The molecule has 0 aliphatic carbocycles. The summed E-state index contributed by atoms with van der Waals surface area (Å²) in [5.41, 5.74) is 8.41. The first-order valence-corrected chi connectivity index (χ1v) is 6.79. The maximum absolute atomic E-state index is 11.9. The number of nitrogen functional groups attached to an aromatic ring is 1. The Morgan fingerprint density at radius 2 is 2.10 bits per heavy atom. The number of carbonyl (C=O) groups is 1. The van der Waals surface area contributed by atoms with Crippen LogP contribution in [0.2, 0.25) is 0 Å². The lowest BCUT2D eigenvalue weighted by molar-refractivity contribution is -0.116. The van der Waals surface area contributed by atoms with Crippen molar-refractivity contribution < 1.29 is 4.79 Å². The Bertz CT molecular complexity index is 761. The third-order valence-electron chi connectivity index (χ3n) is 3.37. The molecule has 0 bridgehead atoms. The standard InChI is InChI=1S/C16H16N4O/c17-15-7-6-12(10-19-15)20-16(21)8-5-11-9-18-14-4-2-1-3-13(11)14/h1-4,6-7,9-10,18H,5,8H2,(H2,17,19)(H,20,21). The molecule has 0 atom stereocenters. The normalized spacial score (nSPS) is 10.7. The van der Waals surface area contributed by atoms with Crippen LogP contribution in [0.25, 0.3) is 10.9 Å². The topological polar surface area (TPSA) is 83.8 Å². The average Bonchev–Trinajstić information content (AvgIpc) is 2.91. The third-order valence-corrected chi connectivity index (χ3v) is 3.37. The average molecular weight is 280 g/mol. The number of nitrogens with zero attached hydrogens (tertiary/aromatic N) is 1. The predicted molar refractivity (Wildman–Crippen MR) is 83.9 cm³/mol.